The van der Waals surface area contributed by atoms with Crippen LogP contribution in [0.5, 0.6) is 0 Å². The summed E-state index contributed by atoms with van der Waals surface area (Å²) in [6.45, 7) is 0. The van der Waals surface area contributed by atoms with E-state index in [1.165, 1.54) is 0 Å². The minimum absolute atomic E-state index is 0.264. The molecule has 0 saturated carbocycles. The summed E-state index contributed by atoms with van der Waals surface area (Å²) in [6.07, 6.45) is 0.264. The van der Waals surface area contributed by atoms with Gasteiger partial charge in [0, 0.05) is 0 Å². The van der Waals surface area contributed by atoms with Gasteiger partial charge in [-0.3, -0.25) is 0 Å². The highest BCUT2D eigenvalue weighted by Crippen LogP contribution is 2.10. The average molecular weight is 167 g/mol. The molecule has 0 atom stereocenters. The fourth-order valence-corrected chi connectivity index (χ4v) is 0.983. The molecule has 0 fully saturated rings. The fourth-order valence-electron chi connectivity index (χ4n) is 0.983. The standard InChI is InChI=1S/C10H5N3/c11-4-3-8-1-2-9(6-12)10(5-8)7-13/h1-2,5H,3H2. The van der Waals surface area contributed by atoms with Crippen LogP contribution in [-0.2, 0) is 6.42 Å². The zero-order valence-electron chi connectivity index (χ0n) is 6.78. The molecule has 0 aliphatic rings. The number of rotatable bonds is 1. The van der Waals surface area contributed by atoms with E-state index in [4.69, 9.17) is 15.8 Å². The van der Waals surface area contributed by atoms with E-state index in [-0.39, 0.29) is 6.42 Å². The first-order valence-electron chi connectivity index (χ1n) is 3.62. The maximum absolute atomic E-state index is 8.66. The highest BCUT2D eigenvalue weighted by atomic mass is 14.3. The molecule has 3 nitrogen and oxygen atoms in total. The third kappa shape index (κ3) is 1.83. The molecule has 3 heteroatoms. The van der Waals surface area contributed by atoms with Crippen LogP contribution in [0.1, 0.15) is 16.7 Å². The van der Waals surface area contributed by atoms with Gasteiger partial charge < -0.3 is 0 Å². The van der Waals surface area contributed by atoms with Gasteiger partial charge in [0.2, 0.25) is 0 Å². The molecular formula is C10H5N3. The lowest BCUT2D eigenvalue weighted by molar-refractivity contribution is 1.25. The van der Waals surface area contributed by atoms with Crippen LogP contribution in [0.4, 0.5) is 0 Å². The second-order valence-corrected chi connectivity index (χ2v) is 2.44. The maximum atomic E-state index is 8.66. The molecule has 0 aliphatic heterocycles. The second kappa shape index (κ2) is 3.90. The van der Waals surface area contributed by atoms with Crippen molar-refractivity contribution in [3.05, 3.63) is 34.9 Å². The van der Waals surface area contributed by atoms with Crippen molar-refractivity contribution in [2.24, 2.45) is 0 Å². The number of hydrogen-bond donors (Lipinski definition) is 0. The predicted octanol–water partition coefficient (Wildman–Crippen LogP) is 1.50. The summed E-state index contributed by atoms with van der Waals surface area (Å²) >= 11 is 0. The van der Waals surface area contributed by atoms with Gasteiger partial charge in [0.1, 0.15) is 12.1 Å². The molecule has 0 saturated heterocycles. The highest BCUT2D eigenvalue weighted by molar-refractivity contribution is 5.47. The van der Waals surface area contributed by atoms with Crippen LogP contribution >= 0.6 is 0 Å². The summed E-state index contributed by atoms with van der Waals surface area (Å²) in [6, 6.07) is 10.6. The molecule has 1 rings (SSSR count). The topological polar surface area (TPSA) is 71.4 Å². The maximum Gasteiger partial charge on any atom is 0.101 e. The SMILES string of the molecule is N#CCc1ccc(C#N)c(C#N)c1. The Morgan fingerprint density at radius 1 is 1.00 bits per heavy atom. The van der Waals surface area contributed by atoms with E-state index in [2.05, 4.69) is 0 Å². The Hall–Kier alpha value is -2.31. The van der Waals surface area contributed by atoms with Crippen LogP contribution in [0.2, 0.25) is 0 Å². The molecule has 0 aromatic heterocycles. The largest absolute Gasteiger partial charge is 0.198 e. The first-order chi connectivity index (χ1) is 6.31. The molecule has 0 radical (unpaired) electrons. The normalized spacial score (nSPS) is 8.08. The van der Waals surface area contributed by atoms with Crippen molar-refractivity contribution >= 4 is 0 Å². The van der Waals surface area contributed by atoms with E-state index in [9.17, 15) is 0 Å². The summed E-state index contributed by atoms with van der Waals surface area (Å²) < 4.78 is 0. The van der Waals surface area contributed by atoms with Gasteiger partial charge in [-0.1, -0.05) is 6.07 Å². The highest BCUT2D eigenvalue weighted by Gasteiger charge is 2.01. The zero-order valence-corrected chi connectivity index (χ0v) is 6.78. The summed E-state index contributed by atoms with van der Waals surface area (Å²) in [5.74, 6) is 0. The van der Waals surface area contributed by atoms with Gasteiger partial charge in [0.05, 0.1) is 23.6 Å². The number of nitrogens with zero attached hydrogens (tertiary/aromatic N) is 3. The van der Waals surface area contributed by atoms with Crippen LogP contribution in [-0.4, -0.2) is 0 Å². The van der Waals surface area contributed by atoms with E-state index in [1.54, 1.807) is 18.2 Å². The van der Waals surface area contributed by atoms with Crippen LogP contribution in [0.25, 0.3) is 0 Å². The van der Waals surface area contributed by atoms with E-state index in [1.807, 2.05) is 18.2 Å². The van der Waals surface area contributed by atoms with Crippen molar-refractivity contribution in [3.8, 4) is 18.2 Å². The van der Waals surface area contributed by atoms with Crippen LogP contribution in [0.3, 0.4) is 0 Å². The third-order valence-corrected chi connectivity index (χ3v) is 1.61. The lowest BCUT2D eigenvalue weighted by Gasteiger charge is -1.96. The molecule has 0 spiro atoms. The van der Waals surface area contributed by atoms with Crippen molar-refractivity contribution < 1.29 is 0 Å². The minimum atomic E-state index is 0.264. The fraction of sp³-hybridized carbons (Fsp3) is 0.100. The van der Waals surface area contributed by atoms with E-state index in [0.717, 1.165) is 5.56 Å². The molecular weight excluding hydrogens is 162 g/mol. The lowest BCUT2D eigenvalue weighted by atomic mass is 10.0. The summed E-state index contributed by atoms with van der Waals surface area (Å²) in [4.78, 5) is 0. The first-order valence-corrected chi connectivity index (χ1v) is 3.62. The molecule has 0 bridgehead atoms. The monoisotopic (exact) mass is 167 g/mol. The van der Waals surface area contributed by atoms with Gasteiger partial charge in [-0.15, -0.1) is 0 Å². The van der Waals surface area contributed by atoms with Gasteiger partial charge >= 0.3 is 0 Å². The summed E-state index contributed by atoms with van der Waals surface area (Å²) in [7, 11) is 0. The van der Waals surface area contributed by atoms with Gasteiger partial charge in [-0.25, -0.2) is 0 Å². The van der Waals surface area contributed by atoms with Crippen LogP contribution in [0.15, 0.2) is 18.2 Å². The van der Waals surface area contributed by atoms with E-state index < -0.39 is 0 Å². The van der Waals surface area contributed by atoms with Crippen LogP contribution in [0, 0.1) is 34.0 Å². The lowest BCUT2D eigenvalue weighted by Crippen LogP contribution is -1.87. The molecule has 0 unspecified atom stereocenters. The number of hydrogen-bond acceptors (Lipinski definition) is 3. The number of nitriles is 3. The molecule has 0 aliphatic carbocycles. The Kier molecular flexibility index (Phi) is 2.64. The smallest absolute Gasteiger partial charge is 0.101 e. The quantitative estimate of drug-likeness (QED) is 0.636. The minimum Gasteiger partial charge on any atom is -0.198 e. The zero-order chi connectivity index (χ0) is 9.68. The van der Waals surface area contributed by atoms with E-state index >= 15 is 0 Å². The Bertz CT molecular complexity index is 441. The van der Waals surface area contributed by atoms with Gasteiger partial charge in [-0.2, -0.15) is 15.8 Å². The molecule has 0 N–H and O–H groups in total. The van der Waals surface area contributed by atoms with Crippen molar-refractivity contribution in [1.29, 1.82) is 15.8 Å². The molecule has 0 heterocycles. The summed E-state index contributed by atoms with van der Waals surface area (Å²) in [5.41, 5.74) is 1.44. The van der Waals surface area contributed by atoms with Crippen LogP contribution < -0.4 is 0 Å². The molecule has 1 aromatic carbocycles. The molecule has 0 amide bonds. The van der Waals surface area contributed by atoms with Crippen molar-refractivity contribution in [3.63, 3.8) is 0 Å². The predicted molar refractivity (Wildman–Crippen MR) is 45.2 cm³/mol. The third-order valence-electron chi connectivity index (χ3n) is 1.61. The Morgan fingerprint density at radius 3 is 2.23 bits per heavy atom. The number of benzene rings is 1. The van der Waals surface area contributed by atoms with Crippen molar-refractivity contribution in [1.82, 2.24) is 0 Å². The van der Waals surface area contributed by atoms with Gasteiger partial charge in [-0.05, 0) is 17.7 Å². The van der Waals surface area contributed by atoms with Crippen molar-refractivity contribution in [2.45, 2.75) is 6.42 Å². The Morgan fingerprint density at radius 2 is 1.69 bits per heavy atom. The Balaban J connectivity index is 3.19. The van der Waals surface area contributed by atoms with Gasteiger partial charge in [0.15, 0.2) is 0 Å². The molecule has 60 valence electrons. The van der Waals surface area contributed by atoms with E-state index in [0.29, 0.717) is 11.1 Å². The Labute approximate surface area is 76.1 Å². The van der Waals surface area contributed by atoms with Crippen molar-refractivity contribution in [2.75, 3.05) is 0 Å². The molecule has 13 heavy (non-hydrogen) atoms. The van der Waals surface area contributed by atoms with Gasteiger partial charge in [0.25, 0.3) is 0 Å². The average Bonchev–Trinajstić information content (AvgIpc) is 2.18. The second-order valence-electron chi connectivity index (χ2n) is 2.44. The first kappa shape index (κ1) is 8.78. The molecule has 1 aromatic rings. The summed E-state index contributed by atoms with van der Waals surface area (Å²) in [5, 5.41) is 25.7.